The van der Waals surface area contributed by atoms with Crippen LogP contribution in [0.5, 0.6) is 0 Å². The molecule has 0 aromatic heterocycles. The fraction of sp³-hybridized carbons (Fsp3) is 0.500. The van der Waals surface area contributed by atoms with E-state index in [4.69, 9.17) is 11.6 Å². The normalized spacial score (nSPS) is 12.7. The number of carboxylic acid groups (broad SMARTS) is 1. The predicted octanol–water partition coefficient (Wildman–Crippen LogP) is -1.07. The minimum Gasteiger partial charge on any atom is -0.550 e. The van der Waals surface area contributed by atoms with Gasteiger partial charge in [-0.05, 0) is 30.4 Å². The molecule has 0 aliphatic rings. The Morgan fingerprint density at radius 2 is 1.69 bits per heavy atom. The van der Waals surface area contributed by atoms with Gasteiger partial charge >= 0.3 is 29.6 Å². The van der Waals surface area contributed by atoms with Crippen LogP contribution >= 0.6 is 11.6 Å². The van der Waals surface area contributed by atoms with Crippen LogP contribution in [-0.4, -0.2) is 17.8 Å². The van der Waals surface area contributed by atoms with Gasteiger partial charge in [0.05, 0.1) is 10.6 Å². The van der Waals surface area contributed by atoms with E-state index in [0.29, 0.717) is 12.3 Å². The Labute approximate surface area is 181 Å². The third-order valence-electron chi connectivity index (χ3n) is 3.99. The number of amides is 2. The second-order valence-electron chi connectivity index (χ2n) is 6.56. The molecule has 0 radical (unpaired) electrons. The topological polar surface area (TPSA) is 98.3 Å². The molecule has 0 spiro atoms. The van der Waals surface area contributed by atoms with E-state index in [1.807, 2.05) is 13.8 Å². The predicted molar refractivity (Wildman–Crippen MR) is 93.4 cm³/mol. The Kier molecular flexibility index (Phi) is 11.8. The van der Waals surface area contributed by atoms with Crippen molar-refractivity contribution in [2.75, 3.05) is 0 Å². The van der Waals surface area contributed by atoms with Gasteiger partial charge in [-0.15, -0.1) is 0 Å². The van der Waals surface area contributed by atoms with E-state index in [0.717, 1.165) is 6.42 Å². The summed E-state index contributed by atoms with van der Waals surface area (Å²) in [6.07, 6.45) is 1.17. The van der Waals surface area contributed by atoms with Crippen molar-refractivity contribution in [2.24, 2.45) is 17.8 Å². The van der Waals surface area contributed by atoms with Crippen LogP contribution in [0.15, 0.2) is 24.3 Å². The first-order chi connectivity index (χ1) is 11.7. The van der Waals surface area contributed by atoms with Gasteiger partial charge in [0.25, 0.3) is 5.91 Å². The molecule has 2 N–H and O–H groups in total. The second-order valence-corrected chi connectivity index (χ2v) is 6.97. The van der Waals surface area contributed by atoms with Gasteiger partial charge in [0.1, 0.15) is 0 Å². The minimum absolute atomic E-state index is 0. The first kappa shape index (κ1) is 24.9. The Hall–Kier alpha value is -1.08. The molecule has 0 heterocycles. The number of halogens is 1. The van der Waals surface area contributed by atoms with Crippen LogP contribution in [0.3, 0.4) is 0 Å². The summed E-state index contributed by atoms with van der Waals surface area (Å²) in [5.41, 5.74) is 4.80. The monoisotopic (exact) mass is 390 g/mol. The summed E-state index contributed by atoms with van der Waals surface area (Å²) in [4.78, 5) is 35.2. The SMILES string of the molecule is CC(C)CCC(C(=O)[O-])C(C)CC(=O)NNC(=O)c1ccccc1Cl.[Na+]. The van der Waals surface area contributed by atoms with Gasteiger partial charge < -0.3 is 9.90 Å². The fourth-order valence-corrected chi connectivity index (χ4v) is 2.69. The van der Waals surface area contributed by atoms with Crippen molar-refractivity contribution >= 4 is 29.4 Å². The molecule has 2 atom stereocenters. The Morgan fingerprint density at radius 1 is 1.08 bits per heavy atom. The Balaban J connectivity index is 0.00000625. The van der Waals surface area contributed by atoms with Crippen molar-refractivity contribution in [3.8, 4) is 0 Å². The van der Waals surface area contributed by atoms with E-state index in [2.05, 4.69) is 10.9 Å². The van der Waals surface area contributed by atoms with E-state index in [9.17, 15) is 19.5 Å². The van der Waals surface area contributed by atoms with E-state index in [-0.39, 0.29) is 46.6 Å². The third-order valence-corrected chi connectivity index (χ3v) is 4.32. The van der Waals surface area contributed by atoms with Crippen LogP contribution in [0.4, 0.5) is 0 Å². The molecule has 0 aliphatic carbocycles. The van der Waals surface area contributed by atoms with E-state index < -0.39 is 29.6 Å². The Bertz CT molecular complexity index is 625. The molecule has 1 rings (SSSR count). The van der Waals surface area contributed by atoms with Gasteiger partial charge in [0, 0.05) is 18.3 Å². The number of carbonyl (C=O) groups excluding carboxylic acids is 3. The maximum Gasteiger partial charge on any atom is 1.00 e. The summed E-state index contributed by atoms with van der Waals surface area (Å²) in [6.45, 7) is 5.71. The maximum absolute atomic E-state index is 12.0. The molecular weight excluding hydrogens is 367 g/mol. The fourth-order valence-electron chi connectivity index (χ4n) is 2.47. The quantitative estimate of drug-likeness (QED) is 0.436. The van der Waals surface area contributed by atoms with Gasteiger partial charge in [-0.1, -0.05) is 50.9 Å². The first-order valence-electron chi connectivity index (χ1n) is 8.27. The zero-order valence-electron chi connectivity index (χ0n) is 15.7. The van der Waals surface area contributed by atoms with Crippen LogP contribution in [0, 0.1) is 17.8 Å². The average molecular weight is 391 g/mol. The van der Waals surface area contributed by atoms with Gasteiger partial charge in [-0.3, -0.25) is 20.4 Å². The van der Waals surface area contributed by atoms with Crippen LogP contribution < -0.4 is 45.5 Å². The summed E-state index contributed by atoms with van der Waals surface area (Å²) in [6, 6.07) is 6.45. The molecular formula is C18H24ClN2NaO4. The largest absolute Gasteiger partial charge is 1.00 e. The van der Waals surface area contributed by atoms with Crippen LogP contribution in [-0.2, 0) is 9.59 Å². The van der Waals surface area contributed by atoms with Gasteiger partial charge in [-0.25, -0.2) is 0 Å². The molecule has 6 nitrogen and oxygen atoms in total. The molecule has 8 heteroatoms. The maximum atomic E-state index is 12.0. The van der Waals surface area contributed by atoms with Crippen molar-refractivity contribution in [1.29, 1.82) is 0 Å². The molecule has 138 valence electrons. The van der Waals surface area contributed by atoms with Crippen molar-refractivity contribution in [1.82, 2.24) is 10.9 Å². The number of benzene rings is 1. The van der Waals surface area contributed by atoms with Crippen molar-refractivity contribution in [3.05, 3.63) is 34.9 Å². The van der Waals surface area contributed by atoms with E-state index in [1.54, 1.807) is 25.1 Å². The zero-order valence-corrected chi connectivity index (χ0v) is 18.4. The number of hydrazine groups is 1. The van der Waals surface area contributed by atoms with Crippen LogP contribution in [0.1, 0.15) is 50.4 Å². The molecule has 1 aromatic rings. The van der Waals surface area contributed by atoms with Crippen molar-refractivity contribution in [2.45, 2.75) is 40.0 Å². The summed E-state index contributed by atoms with van der Waals surface area (Å²) >= 11 is 5.91. The first-order valence-corrected chi connectivity index (χ1v) is 8.64. The van der Waals surface area contributed by atoms with Gasteiger partial charge in [0.15, 0.2) is 0 Å². The van der Waals surface area contributed by atoms with E-state index >= 15 is 0 Å². The molecule has 0 saturated heterocycles. The Morgan fingerprint density at radius 3 is 2.23 bits per heavy atom. The molecule has 0 fully saturated rings. The number of rotatable bonds is 8. The number of aliphatic carboxylic acids is 1. The van der Waals surface area contributed by atoms with Crippen molar-refractivity contribution < 1.29 is 49.0 Å². The zero-order chi connectivity index (χ0) is 19.0. The molecule has 2 amide bonds. The summed E-state index contributed by atoms with van der Waals surface area (Å²) in [7, 11) is 0. The van der Waals surface area contributed by atoms with Crippen LogP contribution in [0.25, 0.3) is 0 Å². The standard InChI is InChI=1S/C18H25ClN2O4.Na/c1-11(2)8-9-13(18(24)25)12(3)10-16(22)20-21-17(23)14-6-4-5-7-15(14)19;/h4-7,11-13H,8-10H2,1-3H3,(H,20,22)(H,21,23)(H,24,25);/q;+1/p-1. The second kappa shape index (κ2) is 12.3. The van der Waals surface area contributed by atoms with E-state index in [1.165, 1.54) is 6.07 Å². The number of carboxylic acids is 1. The average Bonchev–Trinajstić information content (AvgIpc) is 2.52. The minimum atomic E-state index is -1.15. The smallest absolute Gasteiger partial charge is 0.550 e. The molecule has 2 unspecified atom stereocenters. The number of hydrogen-bond acceptors (Lipinski definition) is 4. The molecule has 0 aliphatic heterocycles. The van der Waals surface area contributed by atoms with Gasteiger partial charge in [-0.2, -0.15) is 0 Å². The van der Waals surface area contributed by atoms with Crippen molar-refractivity contribution in [3.63, 3.8) is 0 Å². The summed E-state index contributed by atoms with van der Waals surface area (Å²) in [5.74, 6) is -2.89. The number of carbonyl (C=O) groups is 3. The summed E-state index contributed by atoms with van der Waals surface area (Å²) in [5, 5.41) is 11.6. The third kappa shape index (κ3) is 8.54. The molecule has 0 bridgehead atoms. The van der Waals surface area contributed by atoms with Crippen LogP contribution in [0.2, 0.25) is 5.02 Å². The van der Waals surface area contributed by atoms with Gasteiger partial charge in [0.2, 0.25) is 5.91 Å². The molecule has 26 heavy (non-hydrogen) atoms. The molecule has 0 saturated carbocycles. The number of hydrogen-bond donors (Lipinski definition) is 2. The number of nitrogens with one attached hydrogen (secondary N) is 2. The summed E-state index contributed by atoms with van der Waals surface area (Å²) < 4.78 is 0. The molecule has 1 aromatic carbocycles.